The van der Waals surface area contributed by atoms with Crippen LogP contribution in [0, 0.1) is 13.8 Å². The van der Waals surface area contributed by atoms with Crippen molar-refractivity contribution in [3.63, 3.8) is 0 Å². The second-order valence-electron chi connectivity index (χ2n) is 4.02. The van der Waals surface area contributed by atoms with Gasteiger partial charge in [0.15, 0.2) is 0 Å². The van der Waals surface area contributed by atoms with Crippen molar-refractivity contribution in [3.8, 4) is 0 Å². The van der Waals surface area contributed by atoms with Crippen molar-refractivity contribution in [1.82, 2.24) is 0 Å². The number of nitrogens with one attached hydrogen (secondary N) is 1. The first-order chi connectivity index (χ1) is 7.65. The summed E-state index contributed by atoms with van der Waals surface area (Å²) < 4.78 is 0. The van der Waals surface area contributed by atoms with E-state index >= 15 is 0 Å². The van der Waals surface area contributed by atoms with Gasteiger partial charge in [0.2, 0.25) is 0 Å². The van der Waals surface area contributed by atoms with Crippen molar-refractivity contribution in [2.75, 3.05) is 5.32 Å². The summed E-state index contributed by atoms with van der Waals surface area (Å²) in [6.45, 7) is 4.20. The minimum absolute atomic E-state index is 0.960. The van der Waals surface area contributed by atoms with Crippen molar-refractivity contribution in [2.45, 2.75) is 18.7 Å². The van der Waals surface area contributed by atoms with Gasteiger partial charge in [-0.15, -0.1) is 12.6 Å². The SMILES string of the molecule is Cc1cc(C)cc(Nc2ccccc2S)c1. The number of hydrogen-bond acceptors (Lipinski definition) is 2. The van der Waals surface area contributed by atoms with Crippen molar-refractivity contribution in [2.24, 2.45) is 0 Å². The summed E-state index contributed by atoms with van der Waals surface area (Å²) in [6, 6.07) is 14.4. The van der Waals surface area contributed by atoms with Crippen LogP contribution >= 0.6 is 12.6 Å². The van der Waals surface area contributed by atoms with E-state index in [0.29, 0.717) is 0 Å². The number of anilines is 2. The van der Waals surface area contributed by atoms with Crippen LogP contribution in [0.25, 0.3) is 0 Å². The Morgan fingerprint density at radius 1 is 0.938 bits per heavy atom. The molecule has 0 radical (unpaired) electrons. The van der Waals surface area contributed by atoms with E-state index in [-0.39, 0.29) is 0 Å². The highest BCUT2D eigenvalue weighted by Gasteiger charge is 1.99. The fourth-order valence-corrected chi connectivity index (χ4v) is 2.00. The van der Waals surface area contributed by atoms with Gasteiger partial charge in [-0.05, 0) is 49.2 Å². The minimum Gasteiger partial charge on any atom is -0.355 e. The maximum absolute atomic E-state index is 4.42. The van der Waals surface area contributed by atoms with Crippen molar-refractivity contribution in [3.05, 3.63) is 53.6 Å². The zero-order chi connectivity index (χ0) is 11.5. The second kappa shape index (κ2) is 4.62. The lowest BCUT2D eigenvalue weighted by Gasteiger charge is -2.10. The molecule has 0 saturated carbocycles. The van der Waals surface area contributed by atoms with Crippen molar-refractivity contribution >= 4 is 24.0 Å². The molecule has 16 heavy (non-hydrogen) atoms. The minimum atomic E-state index is 0.960. The van der Waals surface area contributed by atoms with E-state index in [9.17, 15) is 0 Å². The molecule has 0 fully saturated rings. The highest BCUT2D eigenvalue weighted by molar-refractivity contribution is 7.80. The van der Waals surface area contributed by atoms with Crippen LogP contribution in [-0.2, 0) is 0 Å². The lowest BCUT2D eigenvalue weighted by Crippen LogP contribution is -1.92. The molecule has 82 valence electrons. The molecule has 1 nitrogen and oxygen atoms in total. The molecule has 0 saturated heterocycles. The molecule has 0 spiro atoms. The quantitative estimate of drug-likeness (QED) is 0.730. The molecule has 0 bridgehead atoms. The van der Waals surface area contributed by atoms with Crippen LogP contribution < -0.4 is 5.32 Å². The molecule has 0 aliphatic rings. The Morgan fingerprint density at radius 2 is 1.56 bits per heavy atom. The van der Waals surface area contributed by atoms with Crippen LogP contribution in [0.4, 0.5) is 11.4 Å². The molecular formula is C14H15NS. The third-order valence-corrected chi connectivity index (χ3v) is 2.79. The van der Waals surface area contributed by atoms with Crippen molar-refractivity contribution < 1.29 is 0 Å². The number of aryl methyl sites for hydroxylation is 2. The van der Waals surface area contributed by atoms with E-state index in [0.717, 1.165) is 16.3 Å². The smallest absolute Gasteiger partial charge is 0.0519 e. The summed E-state index contributed by atoms with van der Waals surface area (Å²) in [5.41, 5.74) is 4.67. The predicted octanol–water partition coefficient (Wildman–Crippen LogP) is 4.34. The molecule has 0 unspecified atom stereocenters. The maximum Gasteiger partial charge on any atom is 0.0519 e. The summed E-state index contributed by atoms with van der Waals surface area (Å²) in [4.78, 5) is 0.960. The summed E-state index contributed by atoms with van der Waals surface area (Å²) in [6.07, 6.45) is 0. The first-order valence-corrected chi connectivity index (χ1v) is 5.73. The molecule has 1 N–H and O–H groups in total. The van der Waals surface area contributed by atoms with Crippen molar-refractivity contribution in [1.29, 1.82) is 0 Å². The first kappa shape index (κ1) is 11.1. The van der Waals surface area contributed by atoms with Gasteiger partial charge in [-0.25, -0.2) is 0 Å². The summed E-state index contributed by atoms with van der Waals surface area (Å²) >= 11 is 4.42. The van der Waals surface area contributed by atoms with E-state index in [1.165, 1.54) is 11.1 Å². The van der Waals surface area contributed by atoms with E-state index in [4.69, 9.17) is 0 Å². The average Bonchev–Trinajstić information content (AvgIpc) is 2.20. The van der Waals surface area contributed by atoms with E-state index in [1.807, 2.05) is 24.3 Å². The van der Waals surface area contributed by atoms with Gasteiger partial charge in [0.25, 0.3) is 0 Å². The van der Waals surface area contributed by atoms with Crippen LogP contribution in [-0.4, -0.2) is 0 Å². The Balaban J connectivity index is 2.30. The fourth-order valence-electron chi connectivity index (χ4n) is 1.78. The van der Waals surface area contributed by atoms with E-state index < -0.39 is 0 Å². The zero-order valence-electron chi connectivity index (χ0n) is 9.49. The van der Waals surface area contributed by atoms with E-state index in [2.05, 4.69) is 50.0 Å². The fraction of sp³-hybridized carbons (Fsp3) is 0.143. The summed E-state index contributed by atoms with van der Waals surface area (Å²) in [5.74, 6) is 0. The standard InChI is InChI=1S/C14H15NS/c1-10-7-11(2)9-12(8-10)15-13-5-3-4-6-14(13)16/h3-9,15-16H,1-2H3. The molecule has 0 heterocycles. The molecule has 0 aromatic heterocycles. The normalized spacial score (nSPS) is 10.2. The first-order valence-electron chi connectivity index (χ1n) is 5.28. The van der Waals surface area contributed by atoms with Crippen LogP contribution in [0.2, 0.25) is 0 Å². The third-order valence-electron chi connectivity index (χ3n) is 2.40. The van der Waals surface area contributed by atoms with Gasteiger partial charge >= 0.3 is 0 Å². The van der Waals surface area contributed by atoms with Gasteiger partial charge in [-0.2, -0.15) is 0 Å². The molecule has 2 heteroatoms. The van der Waals surface area contributed by atoms with Gasteiger partial charge in [-0.1, -0.05) is 18.2 Å². The summed E-state index contributed by atoms with van der Waals surface area (Å²) in [7, 11) is 0. The Kier molecular flexibility index (Phi) is 3.20. The molecule has 0 atom stereocenters. The van der Waals surface area contributed by atoms with Crippen LogP contribution in [0.1, 0.15) is 11.1 Å². The number of para-hydroxylation sites is 1. The topological polar surface area (TPSA) is 12.0 Å². The highest BCUT2D eigenvalue weighted by Crippen LogP contribution is 2.24. The van der Waals surface area contributed by atoms with Gasteiger partial charge < -0.3 is 5.32 Å². The molecule has 2 aromatic carbocycles. The lowest BCUT2D eigenvalue weighted by molar-refractivity contribution is 1.36. The highest BCUT2D eigenvalue weighted by atomic mass is 32.1. The Morgan fingerprint density at radius 3 is 2.19 bits per heavy atom. The van der Waals surface area contributed by atoms with Gasteiger partial charge in [0.1, 0.15) is 0 Å². The Bertz CT molecular complexity index is 486. The van der Waals surface area contributed by atoms with Crippen LogP contribution in [0.15, 0.2) is 47.4 Å². The molecule has 0 aliphatic carbocycles. The molecular weight excluding hydrogens is 214 g/mol. The Labute approximate surface area is 102 Å². The van der Waals surface area contributed by atoms with Gasteiger partial charge in [0.05, 0.1) is 5.69 Å². The Hall–Kier alpha value is -1.41. The average molecular weight is 229 g/mol. The maximum atomic E-state index is 4.42. The number of rotatable bonds is 2. The molecule has 2 rings (SSSR count). The largest absolute Gasteiger partial charge is 0.355 e. The van der Waals surface area contributed by atoms with Gasteiger partial charge in [-0.3, -0.25) is 0 Å². The van der Waals surface area contributed by atoms with Crippen LogP contribution in [0.5, 0.6) is 0 Å². The molecule has 2 aromatic rings. The number of thiol groups is 1. The van der Waals surface area contributed by atoms with E-state index in [1.54, 1.807) is 0 Å². The van der Waals surface area contributed by atoms with Crippen LogP contribution in [0.3, 0.4) is 0 Å². The monoisotopic (exact) mass is 229 g/mol. The molecule has 0 aliphatic heterocycles. The summed E-state index contributed by atoms with van der Waals surface area (Å²) in [5, 5.41) is 3.38. The lowest BCUT2D eigenvalue weighted by atomic mass is 10.1. The number of hydrogen-bond donors (Lipinski definition) is 2. The van der Waals surface area contributed by atoms with Gasteiger partial charge in [0, 0.05) is 10.6 Å². The predicted molar refractivity (Wildman–Crippen MR) is 72.9 cm³/mol. The molecule has 0 amide bonds. The zero-order valence-corrected chi connectivity index (χ0v) is 10.4. The third kappa shape index (κ3) is 2.58. The number of benzene rings is 2. The second-order valence-corrected chi connectivity index (χ2v) is 4.50.